The van der Waals surface area contributed by atoms with Crippen LogP contribution < -0.4 is 4.90 Å². The van der Waals surface area contributed by atoms with Gasteiger partial charge in [-0.05, 0) is 36.8 Å². The third-order valence-corrected chi connectivity index (χ3v) is 5.20. The number of aryl methyl sites for hydroxylation is 1. The molecule has 0 bridgehead atoms. The Balaban J connectivity index is 1.78. The fourth-order valence-corrected chi connectivity index (χ4v) is 3.73. The largest absolute Gasteiger partial charge is 0.341 e. The molecule has 2 heterocycles. The smallest absolute Gasteiger partial charge is 0.213 e. The molecule has 0 aliphatic carbocycles. The summed E-state index contributed by atoms with van der Waals surface area (Å²) in [7, 11) is 1.97. The Labute approximate surface area is 173 Å². The molecule has 5 aromatic rings. The Morgan fingerprint density at radius 3 is 2.50 bits per heavy atom. The van der Waals surface area contributed by atoms with E-state index in [1.165, 1.54) is 6.07 Å². The number of fused-ring (bicyclic) bond motifs is 3. The van der Waals surface area contributed by atoms with Crippen LogP contribution in [0, 0.1) is 12.7 Å². The molecule has 5 nitrogen and oxygen atoms in total. The van der Waals surface area contributed by atoms with Gasteiger partial charge in [-0.1, -0.05) is 54.1 Å². The number of benzene rings is 3. The second-order valence-corrected chi connectivity index (χ2v) is 7.44. The SMILES string of the molecule is Cc1ccc2nc(N(C)Cc3ccccc3)n3c(-c4ccccc4F)nnc3c2c1. The summed E-state index contributed by atoms with van der Waals surface area (Å²) in [6.45, 7) is 2.68. The van der Waals surface area contributed by atoms with Crippen molar-refractivity contribution in [2.45, 2.75) is 13.5 Å². The maximum Gasteiger partial charge on any atom is 0.213 e. The average molecular weight is 397 g/mol. The fourth-order valence-electron chi connectivity index (χ4n) is 3.73. The number of hydrogen-bond acceptors (Lipinski definition) is 4. The first-order chi connectivity index (χ1) is 14.6. The van der Waals surface area contributed by atoms with E-state index in [0.717, 1.165) is 22.0 Å². The number of halogens is 1. The molecular formula is C24H20FN5. The molecule has 6 heteroatoms. The van der Waals surface area contributed by atoms with Crippen molar-refractivity contribution in [2.24, 2.45) is 0 Å². The predicted molar refractivity (Wildman–Crippen MR) is 117 cm³/mol. The molecule has 0 saturated heterocycles. The van der Waals surface area contributed by atoms with Crippen LogP contribution >= 0.6 is 0 Å². The Morgan fingerprint density at radius 1 is 0.933 bits per heavy atom. The molecule has 0 N–H and O–H groups in total. The average Bonchev–Trinajstić information content (AvgIpc) is 3.19. The van der Waals surface area contributed by atoms with E-state index in [1.807, 2.05) is 59.7 Å². The van der Waals surface area contributed by atoms with Crippen molar-refractivity contribution in [3.63, 3.8) is 0 Å². The van der Waals surface area contributed by atoms with E-state index in [4.69, 9.17) is 4.98 Å². The van der Waals surface area contributed by atoms with E-state index < -0.39 is 0 Å². The van der Waals surface area contributed by atoms with Crippen LogP contribution in [0.4, 0.5) is 10.3 Å². The molecule has 0 saturated carbocycles. The molecule has 0 unspecified atom stereocenters. The molecule has 0 atom stereocenters. The van der Waals surface area contributed by atoms with Crippen LogP contribution in [0.1, 0.15) is 11.1 Å². The number of hydrogen-bond donors (Lipinski definition) is 0. The lowest BCUT2D eigenvalue weighted by atomic mass is 10.1. The highest BCUT2D eigenvalue weighted by molar-refractivity contribution is 5.94. The van der Waals surface area contributed by atoms with Gasteiger partial charge in [0.1, 0.15) is 5.82 Å². The summed E-state index contributed by atoms with van der Waals surface area (Å²) < 4.78 is 16.5. The number of rotatable bonds is 4. The fraction of sp³-hybridized carbons (Fsp3) is 0.125. The summed E-state index contributed by atoms with van der Waals surface area (Å²) in [4.78, 5) is 6.95. The minimum atomic E-state index is -0.340. The zero-order valence-corrected chi connectivity index (χ0v) is 16.7. The highest BCUT2D eigenvalue weighted by Crippen LogP contribution is 2.30. The second kappa shape index (κ2) is 7.22. The van der Waals surface area contributed by atoms with E-state index >= 15 is 0 Å². The molecule has 3 aromatic carbocycles. The van der Waals surface area contributed by atoms with Crippen LogP contribution in [-0.2, 0) is 6.54 Å². The first-order valence-corrected chi connectivity index (χ1v) is 9.77. The second-order valence-electron chi connectivity index (χ2n) is 7.44. The van der Waals surface area contributed by atoms with Crippen molar-refractivity contribution in [3.05, 3.63) is 89.7 Å². The van der Waals surface area contributed by atoms with Gasteiger partial charge >= 0.3 is 0 Å². The van der Waals surface area contributed by atoms with Crippen LogP contribution in [0.15, 0.2) is 72.8 Å². The van der Waals surface area contributed by atoms with Gasteiger partial charge in [-0.3, -0.25) is 0 Å². The zero-order chi connectivity index (χ0) is 20.7. The molecule has 5 rings (SSSR count). The summed E-state index contributed by atoms with van der Waals surface area (Å²) in [5.74, 6) is 0.759. The minimum Gasteiger partial charge on any atom is -0.341 e. The normalized spacial score (nSPS) is 11.3. The molecule has 0 spiro atoms. The van der Waals surface area contributed by atoms with Crippen LogP contribution in [0.25, 0.3) is 27.9 Å². The maximum absolute atomic E-state index is 14.6. The Hall–Kier alpha value is -3.80. The van der Waals surface area contributed by atoms with Crippen molar-refractivity contribution in [1.82, 2.24) is 19.6 Å². The van der Waals surface area contributed by atoms with Gasteiger partial charge in [0.25, 0.3) is 0 Å². The number of nitrogens with zero attached hydrogens (tertiary/aromatic N) is 5. The van der Waals surface area contributed by atoms with E-state index in [9.17, 15) is 4.39 Å². The molecule has 2 aromatic heterocycles. The summed E-state index contributed by atoms with van der Waals surface area (Å²) in [5, 5.41) is 9.69. The summed E-state index contributed by atoms with van der Waals surface area (Å²) in [5.41, 5.74) is 4.15. The van der Waals surface area contributed by atoms with Crippen LogP contribution in [0.2, 0.25) is 0 Å². The Bertz CT molecular complexity index is 1360. The molecular weight excluding hydrogens is 377 g/mol. The highest BCUT2D eigenvalue weighted by atomic mass is 19.1. The van der Waals surface area contributed by atoms with Crippen LogP contribution in [0.5, 0.6) is 0 Å². The van der Waals surface area contributed by atoms with Gasteiger partial charge in [-0.15, -0.1) is 10.2 Å². The monoisotopic (exact) mass is 397 g/mol. The van der Waals surface area contributed by atoms with Gasteiger partial charge in [0.15, 0.2) is 11.5 Å². The zero-order valence-electron chi connectivity index (χ0n) is 16.7. The first-order valence-electron chi connectivity index (χ1n) is 9.77. The van der Waals surface area contributed by atoms with Crippen LogP contribution in [0.3, 0.4) is 0 Å². The molecule has 0 aliphatic heterocycles. The standard InChI is InChI=1S/C24H20FN5/c1-16-12-13-21-19(14-16)23-28-27-22(18-10-6-7-11-20(18)25)30(23)24(26-21)29(2)15-17-8-4-3-5-9-17/h3-14H,15H2,1-2H3. The molecule has 0 radical (unpaired) electrons. The van der Waals surface area contributed by atoms with Gasteiger partial charge in [-0.25, -0.2) is 13.8 Å². The minimum absolute atomic E-state index is 0.340. The van der Waals surface area contributed by atoms with E-state index in [1.54, 1.807) is 18.2 Å². The summed E-state index contributed by atoms with van der Waals surface area (Å²) in [6.07, 6.45) is 0. The third-order valence-electron chi connectivity index (χ3n) is 5.20. The first kappa shape index (κ1) is 18.2. The third kappa shape index (κ3) is 3.06. The summed E-state index contributed by atoms with van der Waals surface area (Å²) >= 11 is 0. The summed E-state index contributed by atoms with van der Waals surface area (Å²) in [6, 6.07) is 22.8. The van der Waals surface area contributed by atoms with Gasteiger partial charge in [0, 0.05) is 19.0 Å². The molecule has 0 amide bonds. The molecule has 30 heavy (non-hydrogen) atoms. The predicted octanol–water partition coefficient (Wildman–Crippen LogP) is 5.03. The quantitative estimate of drug-likeness (QED) is 0.427. The lowest BCUT2D eigenvalue weighted by Crippen LogP contribution is -2.21. The topological polar surface area (TPSA) is 46.3 Å². The van der Waals surface area contributed by atoms with Gasteiger partial charge in [0.05, 0.1) is 11.1 Å². The van der Waals surface area contributed by atoms with Crippen molar-refractivity contribution < 1.29 is 4.39 Å². The van der Waals surface area contributed by atoms with E-state index in [2.05, 4.69) is 22.3 Å². The lowest BCUT2D eigenvalue weighted by molar-refractivity contribution is 0.629. The van der Waals surface area contributed by atoms with Crippen LogP contribution in [-0.4, -0.2) is 26.6 Å². The Morgan fingerprint density at radius 2 is 1.70 bits per heavy atom. The molecule has 0 aliphatic rings. The maximum atomic E-state index is 14.6. The van der Waals surface area contributed by atoms with Gasteiger partial charge in [0.2, 0.25) is 5.95 Å². The van der Waals surface area contributed by atoms with Crippen molar-refractivity contribution in [2.75, 3.05) is 11.9 Å². The molecule has 148 valence electrons. The number of aromatic nitrogens is 4. The van der Waals surface area contributed by atoms with Crippen molar-refractivity contribution in [1.29, 1.82) is 0 Å². The Kier molecular flexibility index (Phi) is 4.39. The van der Waals surface area contributed by atoms with E-state index in [-0.39, 0.29) is 5.82 Å². The highest BCUT2D eigenvalue weighted by Gasteiger charge is 2.20. The van der Waals surface area contributed by atoms with Gasteiger partial charge < -0.3 is 4.90 Å². The molecule has 0 fully saturated rings. The van der Waals surface area contributed by atoms with Crippen molar-refractivity contribution in [3.8, 4) is 11.4 Å². The van der Waals surface area contributed by atoms with E-state index in [0.29, 0.717) is 29.5 Å². The lowest BCUT2D eigenvalue weighted by Gasteiger charge is -2.21. The number of anilines is 1. The van der Waals surface area contributed by atoms with Gasteiger partial charge in [-0.2, -0.15) is 0 Å². The van der Waals surface area contributed by atoms with Crippen molar-refractivity contribution >= 4 is 22.5 Å².